The van der Waals surface area contributed by atoms with Crippen molar-refractivity contribution in [3.63, 3.8) is 0 Å². The summed E-state index contributed by atoms with van der Waals surface area (Å²) in [6, 6.07) is 29.2. The molecule has 9 heteroatoms. The van der Waals surface area contributed by atoms with Crippen LogP contribution in [0.4, 0.5) is 5.69 Å². The molecule has 0 saturated carbocycles. The number of hydrogen-bond acceptors (Lipinski definition) is 5. The molecule has 236 valence electrons. The Labute approximate surface area is 266 Å². The number of nitrogens with zero attached hydrogens (tertiary/aromatic N) is 2. The van der Waals surface area contributed by atoms with Crippen LogP contribution >= 0.6 is 0 Å². The van der Waals surface area contributed by atoms with Gasteiger partial charge in [0.2, 0.25) is 11.8 Å². The molecule has 0 saturated heterocycles. The predicted molar refractivity (Wildman–Crippen MR) is 178 cm³/mol. The summed E-state index contributed by atoms with van der Waals surface area (Å²) in [5, 5.41) is 2.98. The van der Waals surface area contributed by atoms with Crippen LogP contribution in [0.3, 0.4) is 0 Å². The maximum atomic E-state index is 14.5. The summed E-state index contributed by atoms with van der Waals surface area (Å²) in [4.78, 5) is 29.9. The van der Waals surface area contributed by atoms with Crippen LogP contribution in [0.2, 0.25) is 0 Å². The molecule has 0 aromatic heterocycles. The zero-order valence-corrected chi connectivity index (χ0v) is 27.3. The van der Waals surface area contributed by atoms with Crippen molar-refractivity contribution in [2.24, 2.45) is 0 Å². The van der Waals surface area contributed by atoms with Crippen LogP contribution in [0, 0.1) is 13.8 Å². The number of nitrogens with one attached hydrogen (secondary N) is 1. The SMILES string of the molecule is COc1ccc(N(CC(=O)N(Cc2cccc(C)c2)C(Cc2ccccc2)C(=O)NC(C)C)S(=O)(=O)c2ccc(C)cc2)cc1. The van der Waals surface area contributed by atoms with E-state index in [1.807, 2.05) is 82.3 Å². The second kappa shape index (κ2) is 14.9. The van der Waals surface area contributed by atoms with Crippen molar-refractivity contribution in [2.45, 2.75) is 57.6 Å². The highest BCUT2D eigenvalue weighted by atomic mass is 32.2. The van der Waals surface area contributed by atoms with E-state index in [9.17, 15) is 18.0 Å². The standard InChI is InChI=1S/C36H41N3O5S/c1-26(2)37-36(41)34(23-29-11-7-6-8-12-29)38(24-30-13-9-10-28(4)22-30)35(40)25-39(31-16-18-32(44-5)19-17-31)45(42,43)33-20-14-27(3)15-21-33/h6-22,26,34H,23-25H2,1-5H3,(H,37,41). The van der Waals surface area contributed by atoms with Crippen LogP contribution in [0.25, 0.3) is 0 Å². The Morgan fingerprint density at radius 2 is 1.44 bits per heavy atom. The van der Waals surface area contributed by atoms with E-state index in [1.165, 1.54) is 24.1 Å². The van der Waals surface area contributed by atoms with E-state index in [-0.39, 0.29) is 29.8 Å². The van der Waals surface area contributed by atoms with Crippen molar-refractivity contribution < 1.29 is 22.7 Å². The fourth-order valence-electron chi connectivity index (χ4n) is 5.06. The number of benzene rings is 4. The van der Waals surface area contributed by atoms with Gasteiger partial charge in [-0.2, -0.15) is 0 Å². The van der Waals surface area contributed by atoms with E-state index < -0.39 is 28.5 Å². The lowest BCUT2D eigenvalue weighted by atomic mass is 10.0. The van der Waals surface area contributed by atoms with Crippen LogP contribution < -0.4 is 14.4 Å². The molecular weight excluding hydrogens is 586 g/mol. The summed E-state index contributed by atoms with van der Waals surface area (Å²) in [7, 11) is -2.65. The molecule has 0 aliphatic heterocycles. The first-order valence-corrected chi connectivity index (χ1v) is 16.3. The number of amides is 2. The number of hydrogen-bond donors (Lipinski definition) is 1. The molecule has 0 radical (unpaired) electrons. The fraction of sp³-hybridized carbons (Fsp3) is 0.278. The lowest BCUT2D eigenvalue weighted by Crippen LogP contribution is -2.54. The van der Waals surface area contributed by atoms with E-state index in [2.05, 4.69) is 5.32 Å². The molecule has 45 heavy (non-hydrogen) atoms. The van der Waals surface area contributed by atoms with Crippen molar-refractivity contribution in [1.29, 1.82) is 0 Å². The Hall–Kier alpha value is -4.63. The summed E-state index contributed by atoms with van der Waals surface area (Å²) >= 11 is 0. The quantitative estimate of drug-likeness (QED) is 0.206. The number of methoxy groups -OCH3 is 1. The molecule has 2 amide bonds. The topological polar surface area (TPSA) is 96.0 Å². The molecule has 0 aliphatic rings. The van der Waals surface area contributed by atoms with Gasteiger partial charge in [-0.1, -0.05) is 77.9 Å². The lowest BCUT2D eigenvalue weighted by molar-refractivity contribution is -0.140. The number of aryl methyl sites for hydroxylation is 2. The average Bonchev–Trinajstić information content (AvgIpc) is 3.02. The smallest absolute Gasteiger partial charge is 0.264 e. The summed E-state index contributed by atoms with van der Waals surface area (Å²) < 4.78 is 34.7. The zero-order valence-electron chi connectivity index (χ0n) is 26.4. The fourth-order valence-corrected chi connectivity index (χ4v) is 6.47. The van der Waals surface area contributed by atoms with Gasteiger partial charge in [-0.15, -0.1) is 0 Å². The number of carbonyl (C=O) groups is 2. The molecule has 8 nitrogen and oxygen atoms in total. The van der Waals surface area contributed by atoms with Gasteiger partial charge in [-0.3, -0.25) is 13.9 Å². The molecule has 0 fully saturated rings. The molecular formula is C36H41N3O5S. The molecule has 4 rings (SSSR count). The third kappa shape index (κ3) is 8.73. The third-order valence-corrected chi connectivity index (χ3v) is 9.17. The van der Waals surface area contributed by atoms with E-state index in [0.717, 1.165) is 26.6 Å². The lowest BCUT2D eigenvalue weighted by Gasteiger charge is -2.34. The largest absolute Gasteiger partial charge is 0.497 e. The van der Waals surface area contributed by atoms with Gasteiger partial charge in [0, 0.05) is 19.0 Å². The summed E-state index contributed by atoms with van der Waals surface area (Å²) in [6.07, 6.45) is 0.254. The minimum absolute atomic E-state index is 0.0559. The molecule has 0 bridgehead atoms. The predicted octanol–water partition coefficient (Wildman–Crippen LogP) is 5.67. The minimum atomic E-state index is -4.18. The van der Waals surface area contributed by atoms with Crippen molar-refractivity contribution >= 4 is 27.5 Å². The molecule has 4 aromatic rings. The number of anilines is 1. The molecule has 1 N–H and O–H groups in total. The van der Waals surface area contributed by atoms with E-state index in [0.29, 0.717) is 11.4 Å². The highest BCUT2D eigenvalue weighted by molar-refractivity contribution is 7.92. The first kappa shape index (κ1) is 33.3. The molecule has 0 spiro atoms. The van der Waals surface area contributed by atoms with Crippen molar-refractivity contribution in [3.8, 4) is 5.75 Å². The second-order valence-corrected chi connectivity index (χ2v) is 13.3. The van der Waals surface area contributed by atoms with Gasteiger partial charge in [0.05, 0.1) is 17.7 Å². The van der Waals surface area contributed by atoms with Crippen molar-refractivity contribution in [1.82, 2.24) is 10.2 Å². The molecule has 0 aliphatic carbocycles. The summed E-state index contributed by atoms with van der Waals surface area (Å²) in [5.74, 6) is -0.276. The van der Waals surface area contributed by atoms with E-state index in [4.69, 9.17) is 4.74 Å². The first-order chi connectivity index (χ1) is 21.5. The normalized spacial score (nSPS) is 12.0. The van der Waals surface area contributed by atoms with Gasteiger partial charge in [0.1, 0.15) is 18.3 Å². The summed E-state index contributed by atoms with van der Waals surface area (Å²) in [6.45, 7) is 7.16. The van der Waals surface area contributed by atoms with Gasteiger partial charge in [0.15, 0.2) is 0 Å². The van der Waals surface area contributed by atoms with Crippen LogP contribution in [-0.2, 0) is 32.6 Å². The monoisotopic (exact) mass is 627 g/mol. The van der Waals surface area contributed by atoms with Gasteiger partial charge >= 0.3 is 0 Å². The Morgan fingerprint density at radius 3 is 2.04 bits per heavy atom. The van der Waals surface area contributed by atoms with E-state index in [1.54, 1.807) is 36.4 Å². The van der Waals surface area contributed by atoms with Gasteiger partial charge in [0.25, 0.3) is 10.0 Å². The number of sulfonamides is 1. The Kier molecular flexibility index (Phi) is 11.0. The Bertz CT molecular complexity index is 1690. The van der Waals surface area contributed by atoms with Gasteiger partial charge < -0.3 is 15.0 Å². The maximum absolute atomic E-state index is 14.5. The van der Waals surface area contributed by atoms with Crippen LogP contribution in [0.15, 0.2) is 108 Å². The van der Waals surface area contributed by atoms with Crippen LogP contribution in [-0.4, -0.2) is 50.9 Å². The Morgan fingerprint density at radius 1 is 0.800 bits per heavy atom. The first-order valence-electron chi connectivity index (χ1n) is 14.9. The molecule has 4 aromatic carbocycles. The molecule has 1 atom stereocenters. The number of carbonyl (C=O) groups excluding carboxylic acids is 2. The Balaban J connectivity index is 1.81. The van der Waals surface area contributed by atoms with Crippen LogP contribution in [0.5, 0.6) is 5.75 Å². The van der Waals surface area contributed by atoms with E-state index >= 15 is 0 Å². The highest BCUT2D eigenvalue weighted by Gasteiger charge is 2.34. The number of rotatable bonds is 13. The maximum Gasteiger partial charge on any atom is 0.264 e. The average molecular weight is 628 g/mol. The summed E-state index contributed by atoms with van der Waals surface area (Å²) in [5.41, 5.74) is 3.92. The highest BCUT2D eigenvalue weighted by Crippen LogP contribution is 2.27. The molecule has 0 heterocycles. The zero-order chi connectivity index (χ0) is 32.6. The second-order valence-electron chi connectivity index (χ2n) is 11.4. The van der Waals surface area contributed by atoms with Gasteiger partial charge in [-0.05, 0) is 75.2 Å². The molecule has 1 unspecified atom stereocenters. The van der Waals surface area contributed by atoms with Gasteiger partial charge in [-0.25, -0.2) is 8.42 Å². The minimum Gasteiger partial charge on any atom is -0.497 e. The van der Waals surface area contributed by atoms with Crippen LogP contribution in [0.1, 0.15) is 36.1 Å². The third-order valence-electron chi connectivity index (χ3n) is 7.39. The van der Waals surface area contributed by atoms with Crippen molar-refractivity contribution in [3.05, 3.63) is 125 Å². The van der Waals surface area contributed by atoms with Crippen molar-refractivity contribution in [2.75, 3.05) is 18.0 Å². The number of ether oxygens (including phenoxy) is 1.